The molecule has 5 rings (SSSR count). The molecule has 4 nitrogen and oxygen atoms in total. The van der Waals surface area contributed by atoms with E-state index in [1.165, 1.54) is 5.56 Å². The number of carbonyl (C=O) groups excluding carboxylic acids is 1. The topological polar surface area (TPSA) is 47.6 Å². The van der Waals surface area contributed by atoms with Crippen molar-refractivity contribution in [1.29, 1.82) is 0 Å². The molecule has 0 spiro atoms. The van der Waals surface area contributed by atoms with Gasteiger partial charge in [0, 0.05) is 0 Å². The van der Waals surface area contributed by atoms with Gasteiger partial charge >= 0.3 is 31.1 Å². The number of carbonyl (C=O) groups is 1. The van der Waals surface area contributed by atoms with Crippen LogP contribution in [0.5, 0.6) is 11.5 Å². The SMILES string of the molecule is CC(C)c1cccc(-c2[c-]ccc(NC(=O)C3(c4ccc5c(c4)OCO5)CC3)c2)c1.[CH3-].[U+2]. The summed E-state index contributed by atoms with van der Waals surface area (Å²) in [4.78, 5) is 13.2. The van der Waals surface area contributed by atoms with Gasteiger partial charge in [0.05, 0.1) is 5.41 Å². The smallest absolute Gasteiger partial charge is 0.454 e. The first-order valence-electron chi connectivity index (χ1n) is 10.4. The van der Waals surface area contributed by atoms with Crippen molar-refractivity contribution in [2.75, 3.05) is 12.1 Å². The number of anilines is 1. The predicted molar refractivity (Wildman–Crippen MR) is 123 cm³/mol. The summed E-state index contributed by atoms with van der Waals surface area (Å²) in [5.41, 5.74) is 4.65. The monoisotopic (exact) mass is 651 g/mol. The Morgan fingerprint density at radius 2 is 1.81 bits per heavy atom. The molecule has 1 aliphatic carbocycles. The average Bonchev–Trinajstić information content (AvgIpc) is 3.45. The zero-order valence-electron chi connectivity index (χ0n) is 18.7. The van der Waals surface area contributed by atoms with E-state index in [0.29, 0.717) is 11.7 Å². The fraction of sp³-hybridized carbons (Fsp3) is 0.259. The van der Waals surface area contributed by atoms with Crippen LogP contribution >= 0.6 is 0 Å². The van der Waals surface area contributed by atoms with E-state index < -0.39 is 5.41 Å². The van der Waals surface area contributed by atoms with Gasteiger partial charge in [0.25, 0.3) is 0 Å². The van der Waals surface area contributed by atoms with Gasteiger partial charge in [0.2, 0.25) is 12.7 Å². The average molecular weight is 652 g/mol. The van der Waals surface area contributed by atoms with E-state index in [0.717, 1.165) is 41.0 Å². The van der Waals surface area contributed by atoms with Gasteiger partial charge in [0.15, 0.2) is 11.5 Å². The molecular formula is C27H27NO3U. The van der Waals surface area contributed by atoms with Crippen molar-refractivity contribution in [3.8, 4) is 22.6 Å². The molecule has 162 valence electrons. The number of rotatable bonds is 5. The first-order chi connectivity index (χ1) is 14.5. The summed E-state index contributed by atoms with van der Waals surface area (Å²) < 4.78 is 10.9. The Hall–Kier alpha value is -2.22. The van der Waals surface area contributed by atoms with Crippen LogP contribution in [-0.4, -0.2) is 12.7 Å². The molecule has 0 unspecified atom stereocenters. The maximum absolute atomic E-state index is 13.2. The third-order valence-corrected chi connectivity index (χ3v) is 6.03. The molecule has 0 aromatic heterocycles. The van der Waals surface area contributed by atoms with E-state index >= 15 is 0 Å². The second-order valence-corrected chi connectivity index (χ2v) is 8.38. The van der Waals surface area contributed by atoms with Crippen molar-refractivity contribution in [2.24, 2.45) is 0 Å². The Kier molecular flexibility index (Phi) is 7.43. The molecule has 5 heteroatoms. The maximum Gasteiger partial charge on any atom is 2.00 e. The van der Waals surface area contributed by atoms with Crippen LogP contribution in [-0.2, 0) is 10.2 Å². The normalized spacial score (nSPS) is 14.8. The minimum Gasteiger partial charge on any atom is -0.454 e. The van der Waals surface area contributed by atoms with Crippen LogP contribution in [0.15, 0.2) is 60.7 Å². The number of hydrogen-bond donors (Lipinski definition) is 1. The van der Waals surface area contributed by atoms with Crippen LogP contribution in [0.3, 0.4) is 0 Å². The standard InChI is InChI=1S/C26H24NO3.CH3.U/c1-17(2)18-5-3-6-19(13-18)20-7-4-8-22(14-20)27-25(28)26(11-12-26)21-9-10-23-24(15-21)30-16-29-23;;/h3-6,8-10,13-15,17H,11-12,16H2,1-2H3,(H,27,28);1H3;/q2*-1;+2. The van der Waals surface area contributed by atoms with Crippen molar-refractivity contribution in [3.63, 3.8) is 0 Å². The van der Waals surface area contributed by atoms with Gasteiger partial charge in [-0.15, -0.1) is 29.8 Å². The molecule has 32 heavy (non-hydrogen) atoms. The number of nitrogens with one attached hydrogen (secondary N) is 1. The molecule has 0 atom stereocenters. The van der Waals surface area contributed by atoms with Gasteiger partial charge in [0.1, 0.15) is 0 Å². The third kappa shape index (κ3) is 4.61. The summed E-state index contributed by atoms with van der Waals surface area (Å²) in [6.45, 7) is 4.61. The zero-order chi connectivity index (χ0) is 20.7. The van der Waals surface area contributed by atoms with Gasteiger partial charge < -0.3 is 22.2 Å². The summed E-state index contributed by atoms with van der Waals surface area (Å²) in [5, 5.41) is 3.13. The number of hydrogen-bond acceptors (Lipinski definition) is 3. The number of fused-ring (bicyclic) bond motifs is 1. The summed E-state index contributed by atoms with van der Waals surface area (Å²) in [6.07, 6.45) is 1.67. The van der Waals surface area contributed by atoms with Crippen molar-refractivity contribution < 1.29 is 45.4 Å². The quantitative estimate of drug-likeness (QED) is 0.338. The molecule has 1 aliphatic heterocycles. The van der Waals surface area contributed by atoms with Crippen LogP contribution in [0.25, 0.3) is 11.1 Å². The molecule has 1 heterocycles. The molecule has 0 bridgehead atoms. The zero-order valence-corrected chi connectivity index (χ0v) is 22.9. The van der Waals surface area contributed by atoms with E-state index in [1.807, 2.05) is 36.4 Å². The second-order valence-electron chi connectivity index (χ2n) is 8.38. The molecule has 1 fully saturated rings. The minimum absolute atomic E-state index is 0. The predicted octanol–water partition coefficient (Wildman–Crippen LogP) is 6.13. The molecule has 2 aliphatic rings. The van der Waals surface area contributed by atoms with Crippen LogP contribution in [0.1, 0.15) is 43.7 Å². The van der Waals surface area contributed by atoms with Crippen molar-refractivity contribution in [3.05, 3.63) is 85.3 Å². The molecule has 1 N–H and O–H groups in total. The summed E-state index contributed by atoms with van der Waals surface area (Å²) in [5.74, 6) is 1.94. The van der Waals surface area contributed by atoms with E-state index in [1.54, 1.807) is 0 Å². The van der Waals surface area contributed by atoms with E-state index in [9.17, 15) is 4.79 Å². The van der Waals surface area contributed by atoms with Gasteiger partial charge in [-0.1, -0.05) is 55.3 Å². The molecule has 0 radical (unpaired) electrons. The van der Waals surface area contributed by atoms with Crippen LogP contribution < -0.4 is 14.8 Å². The fourth-order valence-corrected chi connectivity index (χ4v) is 3.99. The van der Waals surface area contributed by atoms with E-state index in [-0.39, 0.29) is 51.2 Å². The Balaban J connectivity index is 0.00000144. The number of amides is 1. The Morgan fingerprint density at radius 1 is 1.03 bits per heavy atom. The molecule has 1 amide bonds. The first-order valence-corrected chi connectivity index (χ1v) is 10.4. The van der Waals surface area contributed by atoms with Crippen molar-refractivity contribution in [1.82, 2.24) is 0 Å². The van der Waals surface area contributed by atoms with Gasteiger partial charge in [-0.3, -0.25) is 4.79 Å². The maximum atomic E-state index is 13.2. The number of ether oxygens (including phenoxy) is 2. The molecule has 0 saturated heterocycles. The summed E-state index contributed by atoms with van der Waals surface area (Å²) >= 11 is 0. The number of benzene rings is 3. The van der Waals surface area contributed by atoms with E-state index in [2.05, 4.69) is 49.5 Å². The van der Waals surface area contributed by atoms with E-state index in [4.69, 9.17) is 9.47 Å². The Bertz CT molecular complexity index is 1120. The third-order valence-electron chi connectivity index (χ3n) is 6.03. The van der Waals surface area contributed by atoms with Gasteiger partial charge in [-0.25, -0.2) is 0 Å². The first kappa shape index (κ1) is 24.4. The fourth-order valence-electron chi connectivity index (χ4n) is 3.99. The molecule has 1 saturated carbocycles. The second kappa shape index (κ2) is 9.73. The minimum atomic E-state index is -0.488. The Labute approximate surface area is 214 Å². The largest absolute Gasteiger partial charge is 2.00 e. The van der Waals surface area contributed by atoms with Crippen molar-refractivity contribution >= 4 is 11.6 Å². The molecule has 3 aromatic carbocycles. The van der Waals surface area contributed by atoms with Crippen LogP contribution in [0.4, 0.5) is 5.69 Å². The van der Waals surface area contributed by atoms with Crippen molar-refractivity contribution in [2.45, 2.75) is 38.0 Å². The molecular weight excluding hydrogens is 624 g/mol. The Morgan fingerprint density at radius 3 is 2.56 bits per heavy atom. The van der Waals surface area contributed by atoms with Crippen LogP contribution in [0.2, 0.25) is 0 Å². The van der Waals surface area contributed by atoms with Crippen LogP contribution in [0, 0.1) is 44.6 Å². The van der Waals surface area contributed by atoms with Gasteiger partial charge in [-0.2, -0.15) is 0 Å². The van der Waals surface area contributed by atoms with Gasteiger partial charge in [-0.05, 0) is 42.1 Å². The summed E-state index contributed by atoms with van der Waals surface area (Å²) in [7, 11) is 0. The summed E-state index contributed by atoms with van der Waals surface area (Å²) in [6, 6.07) is 23.3. The molecule has 3 aromatic rings.